The van der Waals surface area contributed by atoms with Crippen LogP contribution in [0.2, 0.25) is 5.02 Å². The second kappa shape index (κ2) is 5.89. The molecule has 1 aliphatic heterocycles. The van der Waals surface area contributed by atoms with Gasteiger partial charge in [0.1, 0.15) is 11.4 Å². The zero-order chi connectivity index (χ0) is 15.6. The van der Waals surface area contributed by atoms with Crippen molar-refractivity contribution in [3.8, 4) is 0 Å². The standard InChI is InChI=1S/C14H16ClFN2O3/c1-2-14(12(19)20)6-3-7-18(14)13(21)17-11-5-4-9(16)8-10(11)15/h4-5,8H,2-3,6-7H2,1H3,(H,17,21)(H,19,20). The van der Waals surface area contributed by atoms with Crippen molar-refractivity contribution in [3.63, 3.8) is 0 Å². The van der Waals surface area contributed by atoms with Gasteiger partial charge in [0.2, 0.25) is 0 Å². The van der Waals surface area contributed by atoms with Crippen LogP contribution >= 0.6 is 11.6 Å². The van der Waals surface area contributed by atoms with Gasteiger partial charge < -0.3 is 15.3 Å². The Labute approximate surface area is 126 Å². The maximum Gasteiger partial charge on any atom is 0.329 e. The Kier molecular flexibility index (Phi) is 4.37. The van der Waals surface area contributed by atoms with E-state index in [2.05, 4.69) is 5.32 Å². The molecule has 1 heterocycles. The Morgan fingerprint density at radius 1 is 1.52 bits per heavy atom. The van der Waals surface area contributed by atoms with Crippen LogP contribution < -0.4 is 5.32 Å². The maximum absolute atomic E-state index is 13.0. The van der Waals surface area contributed by atoms with Crippen molar-refractivity contribution in [3.05, 3.63) is 29.0 Å². The van der Waals surface area contributed by atoms with Gasteiger partial charge in [-0.25, -0.2) is 14.0 Å². The molecular formula is C14H16ClFN2O3. The third kappa shape index (κ3) is 2.81. The maximum atomic E-state index is 13.0. The number of carboxylic acids is 1. The molecule has 0 aliphatic carbocycles. The molecular weight excluding hydrogens is 299 g/mol. The Morgan fingerprint density at radius 3 is 2.81 bits per heavy atom. The average molecular weight is 315 g/mol. The molecule has 1 aromatic rings. The number of carbonyl (C=O) groups is 2. The lowest BCUT2D eigenvalue weighted by molar-refractivity contribution is -0.148. The summed E-state index contributed by atoms with van der Waals surface area (Å²) >= 11 is 5.86. The van der Waals surface area contributed by atoms with Gasteiger partial charge in [-0.05, 0) is 37.5 Å². The van der Waals surface area contributed by atoms with Crippen LogP contribution in [0.3, 0.4) is 0 Å². The van der Waals surface area contributed by atoms with E-state index in [0.29, 0.717) is 25.8 Å². The van der Waals surface area contributed by atoms with E-state index in [9.17, 15) is 19.1 Å². The summed E-state index contributed by atoms with van der Waals surface area (Å²) in [5.41, 5.74) is -0.929. The second-order valence-electron chi connectivity index (χ2n) is 5.00. The highest BCUT2D eigenvalue weighted by Crippen LogP contribution is 2.34. The zero-order valence-corrected chi connectivity index (χ0v) is 12.3. The van der Waals surface area contributed by atoms with Crippen molar-refractivity contribution < 1.29 is 19.1 Å². The number of urea groups is 1. The number of nitrogens with zero attached hydrogens (tertiary/aromatic N) is 1. The van der Waals surface area contributed by atoms with Gasteiger partial charge in [0, 0.05) is 6.54 Å². The molecule has 2 N–H and O–H groups in total. The molecule has 0 spiro atoms. The van der Waals surface area contributed by atoms with E-state index in [1.165, 1.54) is 17.0 Å². The second-order valence-corrected chi connectivity index (χ2v) is 5.41. The van der Waals surface area contributed by atoms with Gasteiger partial charge in [0.05, 0.1) is 10.7 Å². The molecule has 0 aromatic heterocycles. The summed E-state index contributed by atoms with van der Waals surface area (Å²) in [6, 6.07) is 3.08. The molecule has 1 aliphatic rings. The normalized spacial score (nSPS) is 21.4. The van der Waals surface area contributed by atoms with Crippen molar-refractivity contribution >= 4 is 29.3 Å². The molecule has 1 atom stereocenters. The van der Waals surface area contributed by atoms with E-state index in [0.717, 1.165) is 6.07 Å². The van der Waals surface area contributed by atoms with E-state index in [4.69, 9.17) is 11.6 Å². The predicted octanol–water partition coefficient (Wildman–Crippen LogP) is 3.34. The van der Waals surface area contributed by atoms with Gasteiger partial charge in [-0.15, -0.1) is 0 Å². The van der Waals surface area contributed by atoms with E-state index in [1.54, 1.807) is 6.92 Å². The predicted molar refractivity (Wildman–Crippen MR) is 77.0 cm³/mol. The number of benzene rings is 1. The highest BCUT2D eigenvalue weighted by molar-refractivity contribution is 6.33. The molecule has 1 fully saturated rings. The molecule has 114 valence electrons. The number of hydrogen-bond donors (Lipinski definition) is 2. The van der Waals surface area contributed by atoms with Crippen molar-refractivity contribution in [2.24, 2.45) is 0 Å². The monoisotopic (exact) mass is 314 g/mol. The first-order valence-electron chi connectivity index (χ1n) is 6.68. The van der Waals surface area contributed by atoms with Crippen molar-refractivity contribution in [1.29, 1.82) is 0 Å². The largest absolute Gasteiger partial charge is 0.479 e. The molecule has 1 saturated heterocycles. The molecule has 2 rings (SSSR count). The number of carbonyl (C=O) groups excluding carboxylic acids is 1. The number of nitrogens with one attached hydrogen (secondary N) is 1. The van der Waals surface area contributed by atoms with E-state index in [1.807, 2.05) is 0 Å². The number of carboxylic acid groups (broad SMARTS) is 1. The first-order valence-corrected chi connectivity index (χ1v) is 7.05. The number of likely N-dealkylation sites (tertiary alicyclic amines) is 1. The Balaban J connectivity index is 2.21. The third-order valence-corrected chi connectivity index (χ3v) is 4.20. The molecule has 1 unspecified atom stereocenters. The van der Waals surface area contributed by atoms with Crippen LogP contribution in [0.4, 0.5) is 14.9 Å². The minimum Gasteiger partial charge on any atom is -0.479 e. The van der Waals surface area contributed by atoms with Gasteiger partial charge >= 0.3 is 12.0 Å². The molecule has 0 bridgehead atoms. The Bertz CT molecular complexity index is 581. The summed E-state index contributed by atoms with van der Waals surface area (Å²) in [5, 5.41) is 12.1. The van der Waals surface area contributed by atoms with E-state index >= 15 is 0 Å². The van der Waals surface area contributed by atoms with Crippen LogP contribution in [0.25, 0.3) is 0 Å². The Morgan fingerprint density at radius 2 is 2.24 bits per heavy atom. The summed E-state index contributed by atoms with van der Waals surface area (Å²) in [7, 11) is 0. The van der Waals surface area contributed by atoms with E-state index in [-0.39, 0.29) is 10.7 Å². The summed E-state index contributed by atoms with van der Waals surface area (Å²) in [6.07, 6.45) is 1.38. The van der Waals surface area contributed by atoms with Crippen LogP contribution in [-0.2, 0) is 4.79 Å². The van der Waals surface area contributed by atoms with Gasteiger partial charge in [-0.1, -0.05) is 18.5 Å². The Hall–Kier alpha value is -1.82. The number of halogens is 2. The lowest BCUT2D eigenvalue weighted by Gasteiger charge is -2.33. The van der Waals surface area contributed by atoms with Gasteiger partial charge in [-0.2, -0.15) is 0 Å². The third-order valence-electron chi connectivity index (χ3n) is 3.89. The number of aliphatic carboxylic acids is 1. The summed E-state index contributed by atoms with van der Waals surface area (Å²) < 4.78 is 13.0. The number of amides is 2. The molecule has 7 heteroatoms. The minimum absolute atomic E-state index is 0.0694. The fraction of sp³-hybridized carbons (Fsp3) is 0.429. The fourth-order valence-corrected chi connectivity index (χ4v) is 2.90. The quantitative estimate of drug-likeness (QED) is 0.899. The molecule has 5 nitrogen and oxygen atoms in total. The van der Waals surface area contributed by atoms with Crippen LogP contribution in [0.15, 0.2) is 18.2 Å². The SMILES string of the molecule is CCC1(C(=O)O)CCCN1C(=O)Nc1ccc(F)cc1Cl. The topological polar surface area (TPSA) is 69.6 Å². The molecule has 21 heavy (non-hydrogen) atoms. The van der Waals surface area contributed by atoms with Crippen LogP contribution in [-0.4, -0.2) is 34.1 Å². The van der Waals surface area contributed by atoms with Gasteiger partial charge in [-0.3, -0.25) is 0 Å². The van der Waals surface area contributed by atoms with Gasteiger partial charge in [0.15, 0.2) is 0 Å². The first kappa shape index (κ1) is 15.6. The number of anilines is 1. The van der Waals surface area contributed by atoms with Crippen LogP contribution in [0.5, 0.6) is 0 Å². The summed E-state index contributed by atoms with van der Waals surface area (Å²) in [6.45, 7) is 2.11. The van der Waals surface area contributed by atoms with Crippen molar-refractivity contribution in [2.75, 3.05) is 11.9 Å². The van der Waals surface area contributed by atoms with Crippen LogP contribution in [0.1, 0.15) is 26.2 Å². The number of rotatable bonds is 3. The van der Waals surface area contributed by atoms with Crippen molar-refractivity contribution in [2.45, 2.75) is 31.7 Å². The highest BCUT2D eigenvalue weighted by atomic mass is 35.5. The van der Waals surface area contributed by atoms with Crippen LogP contribution in [0, 0.1) is 5.82 Å². The van der Waals surface area contributed by atoms with Gasteiger partial charge in [0.25, 0.3) is 0 Å². The van der Waals surface area contributed by atoms with E-state index < -0.39 is 23.4 Å². The molecule has 0 radical (unpaired) electrons. The smallest absolute Gasteiger partial charge is 0.329 e. The molecule has 2 amide bonds. The lowest BCUT2D eigenvalue weighted by atomic mass is 9.93. The number of hydrogen-bond acceptors (Lipinski definition) is 2. The minimum atomic E-state index is -1.18. The first-order chi connectivity index (χ1) is 9.90. The fourth-order valence-electron chi connectivity index (χ4n) is 2.69. The molecule has 1 aromatic carbocycles. The summed E-state index contributed by atoms with van der Waals surface area (Å²) in [5.74, 6) is -1.52. The van der Waals surface area contributed by atoms with Crippen molar-refractivity contribution in [1.82, 2.24) is 4.90 Å². The average Bonchev–Trinajstić information content (AvgIpc) is 2.87. The zero-order valence-electron chi connectivity index (χ0n) is 11.5. The lowest BCUT2D eigenvalue weighted by Crippen LogP contribution is -2.54. The molecule has 0 saturated carbocycles. The summed E-state index contributed by atoms with van der Waals surface area (Å²) in [4.78, 5) is 25.2. The highest BCUT2D eigenvalue weighted by Gasteiger charge is 2.48.